The van der Waals surface area contributed by atoms with Crippen LogP contribution in [0, 0.1) is 21.2 Å². The second-order valence-corrected chi connectivity index (χ2v) is 12.5. The number of aromatic nitrogens is 1. The lowest BCUT2D eigenvalue weighted by molar-refractivity contribution is -0.166. The van der Waals surface area contributed by atoms with E-state index in [0.29, 0.717) is 40.7 Å². The van der Waals surface area contributed by atoms with Crippen LogP contribution in [-0.4, -0.2) is 59.3 Å². The summed E-state index contributed by atoms with van der Waals surface area (Å²) in [7, 11) is 0. The summed E-state index contributed by atoms with van der Waals surface area (Å²) in [5.74, 6) is -3.49. The Morgan fingerprint density at radius 1 is 1.22 bits per heavy atom. The Hall–Kier alpha value is -2.68. The standard InChI is InChI=1S/C28H29F4IN4O4/c1-3-15-21-12(2)18(25(28(30,31)32)37(21)26(15)39)11-41-27(40)17-10-36(14-4-5-14)22-16(24(17)38)8-19(29)23(20(22)33)35-7-6-13(34)9-35/h8,10,12-15,21H,3-7,9,11,34H2,1-2H3/t12-,13?,15+,21?/m0/s1. The number of carbonyl (C=O) groups excluding carboxylic acids is 2. The lowest BCUT2D eigenvalue weighted by atomic mass is 9.79. The molecule has 41 heavy (non-hydrogen) atoms. The molecule has 2 N–H and O–H groups in total. The highest BCUT2D eigenvalue weighted by molar-refractivity contribution is 14.1. The number of allylic oxidation sites excluding steroid dienone is 1. The molecule has 1 aromatic carbocycles. The van der Waals surface area contributed by atoms with E-state index >= 15 is 4.39 Å². The van der Waals surface area contributed by atoms with E-state index in [0.717, 1.165) is 23.8 Å². The van der Waals surface area contributed by atoms with Crippen molar-refractivity contribution in [2.45, 2.75) is 63.8 Å². The summed E-state index contributed by atoms with van der Waals surface area (Å²) in [5, 5.41) is 0.00506. The molecule has 6 rings (SSSR count). The molecule has 1 aromatic heterocycles. The molecule has 0 radical (unpaired) electrons. The van der Waals surface area contributed by atoms with Crippen molar-refractivity contribution >= 4 is 51.1 Å². The number of β-lactam (4-membered cyclic amide) rings is 1. The first-order valence-corrected chi connectivity index (χ1v) is 14.8. The molecule has 2 aromatic rings. The minimum absolute atomic E-state index is 0.00506. The highest BCUT2D eigenvalue weighted by Crippen LogP contribution is 2.51. The average Bonchev–Trinajstić information content (AvgIpc) is 3.60. The zero-order chi connectivity index (χ0) is 29.5. The number of rotatable bonds is 6. The van der Waals surface area contributed by atoms with Gasteiger partial charge in [0.25, 0.3) is 0 Å². The number of pyridine rings is 1. The van der Waals surface area contributed by atoms with Gasteiger partial charge in [-0.1, -0.05) is 13.8 Å². The van der Waals surface area contributed by atoms with Crippen molar-refractivity contribution in [1.82, 2.24) is 9.47 Å². The minimum Gasteiger partial charge on any atom is -0.457 e. The third-order valence-electron chi connectivity index (χ3n) is 8.82. The highest BCUT2D eigenvalue weighted by Gasteiger charge is 2.61. The Morgan fingerprint density at radius 3 is 2.51 bits per heavy atom. The predicted octanol–water partition coefficient (Wildman–Crippen LogP) is 4.48. The monoisotopic (exact) mass is 688 g/mol. The fourth-order valence-electron chi connectivity index (χ4n) is 6.63. The second-order valence-electron chi connectivity index (χ2n) is 11.4. The van der Waals surface area contributed by atoms with Crippen LogP contribution in [0.2, 0.25) is 0 Å². The maximum Gasteiger partial charge on any atom is 0.431 e. The number of benzene rings is 1. The number of nitrogens with zero attached hydrogens (tertiary/aromatic N) is 3. The van der Waals surface area contributed by atoms with Crippen LogP contribution in [0.15, 0.2) is 28.3 Å². The van der Waals surface area contributed by atoms with Gasteiger partial charge in [0.15, 0.2) is 0 Å². The summed E-state index contributed by atoms with van der Waals surface area (Å²) >= 11 is 2.02. The maximum absolute atomic E-state index is 15.4. The first-order chi connectivity index (χ1) is 19.3. The summed E-state index contributed by atoms with van der Waals surface area (Å²) in [5.41, 5.74) is 4.50. The molecule has 220 valence electrons. The average molecular weight is 688 g/mol. The molecule has 2 unspecified atom stereocenters. The normalized spacial score (nSPS) is 26.2. The van der Waals surface area contributed by atoms with Crippen LogP contribution in [0.5, 0.6) is 0 Å². The molecule has 13 heteroatoms. The van der Waals surface area contributed by atoms with E-state index in [-0.39, 0.29) is 28.6 Å². The van der Waals surface area contributed by atoms with E-state index in [1.54, 1.807) is 18.4 Å². The molecule has 3 fully saturated rings. The van der Waals surface area contributed by atoms with E-state index in [1.165, 1.54) is 6.20 Å². The molecule has 1 amide bonds. The van der Waals surface area contributed by atoms with Crippen molar-refractivity contribution in [3.8, 4) is 0 Å². The smallest absolute Gasteiger partial charge is 0.431 e. The number of esters is 1. The number of fused-ring (bicyclic) bond motifs is 2. The zero-order valence-corrected chi connectivity index (χ0v) is 24.6. The number of ether oxygens (including phenoxy) is 1. The van der Waals surface area contributed by atoms with Crippen LogP contribution in [0.3, 0.4) is 0 Å². The fraction of sp³-hybridized carbons (Fsp3) is 0.536. The van der Waals surface area contributed by atoms with Crippen LogP contribution in [0.1, 0.15) is 55.9 Å². The van der Waals surface area contributed by atoms with E-state index in [4.69, 9.17) is 10.5 Å². The lowest BCUT2D eigenvalue weighted by Gasteiger charge is -2.45. The van der Waals surface area contributed by atoms with Crippen molar-refractivity contribution in [2.75, 3.05) is 24.6 Å². The van der Waals surface area contributed by atoms with Crippen molar-refractivity contribution in [2.24, 2.45) is 17.6 Å². The molecule has 1 saturated carbocycles. The van der Waals surface area contributed by atoms with Gasteiger partial charge in [-0.2, -0.15) is 13.2 Å². The third-order valence-corrected chi connectivity index (χ3v) is 9.85. The Labute approximate surface area is 246 Å². The molecular formula is C28H29F4IN4O4. The number of halogens is 5. The quantitative estimate of drug-likeness (QED) is 0.208. The van der Waals surface area contributed by atoms with E-state index in [9.17, 15) is 27.6 Å². The van der Waals surface area contributed by atoms with E-state index < -0.39 is 59.5 Å². The van der Waals surface area contributed by atoms with Crippen LogP contribution in [-0.2, 0) is 9.53 Å². The van der Waals surface area contributed by atoms with Gasteiger partial charge in [-0.05, 0) is 54.3 Å². The molecular weight excluding hydrogens is 659 g/mol. The molecule has 4 atom stereocenters. The number of amides is 1. The summed E-state index contributed by atoms with van der Waals surface area (Å²) in [6, 6.07) is 0.388. The Kier molecular flexibility index (Phi) is 6.91. The predicted molar refractivity (Wildman–Crippen MR) is 151 cm³/mol. The van der Waals surface area contributed by atoms with Crippen LogP contribution >= 0.6 is 22.6 Å². The number of alkyl halides is 3. The molecule has 8 nitrogen and oxygen atoms in total. The summed E-state index contributed by atoms with van der Waals surface area (Å²) in [4.78, 5) is 41.8. The topological polar surface area (TPSA) is 97.9 Å². The number of hydrogen-bond donors (Lipinski definition) is 1. The molecule has 0 bridgehead atoms. The fourth-order valence-corrected chi connectivity index (χ4v) is 7.80. The van der Waals surface area contributed by atoms with Crippen molar-refractivity contribution in [3.63, 3.8) is 0 Å². The summed E-state index contributed by atoms with van der Waals surface area (Å²) in [6.07, 6.45) is -0.718. The lowest BCUT2D eigenvalue weighted by Crippen LogP contribution is -2.60. The van der Waals surface area contributed by atoms with Gasteiger partial charge in [-0.25, -0.2) is 9.18 Å². The molecule has 4 heterocycles. The number of hydrogen-bond acceptors (Lipinski definition) is 6. The Bertz CT molecular complexity index is 1570. The first-order valence-electron chi connectivity index (χ1n) is 13.7. The van der Waals surface area contributed by atoms with Gasteiger partial charge >= 0.3 is 12.1 Å². The Morgan fingerprint density at radius 2 is 1.93 bits per heavy atom. The number of carbonyl (C=O) groups is 2. The maximum atomic E-state index is 15.4. The van der Waals surface area contributed by atoms with Gasteiger partial charge < -0.3 is 24.8 Å². The number of anilines is 1. The molecule has 4 aliphatic rings. The van der Waals surface area contributed by atoms with Gasteiger partial charge in [-0.3, -0.25) is 9.59 Å². The van der Waals surface area contributed by atoms with Crippen molar-refractivity contribution in [1.29, 1.82) is 0 Å². The molecule has 2 saturated heterocycles. The third kappa shape index (κ3) is 4.45. The summed E-state index contributed by atoms with van der Waals surface area (Å²) < 4.78 is 65.2. The van der Waals surface area contributed by atoms with Crippen LogP contribution in [0.4, 0.5) is 23.2 Å². The Balaban J connectivity index is 1.36. The van der Waals surface area contributed by atoms with Gasteiger partial charge in [0.05, 0.1) is 32.1 Å². The SMILES string of the molecule is CC[C@H]1C(=O)N2C(C(F)(F)F)=C(COC(=O)c3cn(C4CC4)c4c(I)c(N5CCC(N)C5)c(F)cc4c3=O)[C@H](C)C12. The zero-order valence-electron chi connectivity index (χ0n) is 22.4. The van der Waals surface area contributed by atoms with Gasteiger partial charge in [0, 0.05) is 42.9 Å². The van der Waals surface area contributed by atoms with Gasteiger partial charge in [-0.15, -0.1) is 0 Å². The second kappa shape index (κ2) is 9.96. The van der Waals surface area contributed by atoms with Crippen molar-refractivity contribution in [3.05, 3.63) is 48.7 Å². The summed E-state index contributed by atoms with van der Waals surface area (Å²) in [6.45, 7) is 3.67. The largest absolute Gasteiger partial charge is 0.457 e. The highest BCUT2D eigenvalue weighted by atomic mass is 127. The minimum atomic E-state index is -4.81. The molecule has 3 aliphatic heterocycles. The molecule has 0 spiro atoms. The first kappa shape index (κ1) is 28.4. The molecule has 1 aliphatic carbocycles. The van der Waals surface area contributed by atoms with E-state index in [1.807, 2.05) is 27.5 Å². The van der Waals surface area contributed by atoms with Gasteiger partial charge in [0.2, 0.25) is 11.3 Å². The van der Waals surface area contributed by atoms with Gasteiger partial charge in [0.1, 0.15) is 23.7 Å². The van der Waals surface area contributed by atoms with E-state index in [2.05, 4.69) is 0 Å². The number of nitrogens with two attached hydrogens (primary N) is 1. The van der Waals surface area contributed by atoms with Crippen LogP contribution < -0.4 is 16.1 Å². The van der Waals surface area contributed by atoms with Crippen molar-refractivity contribution < 1.29 is 31.9 Å². The van der Waals surface area contributed by atoms with Crippen LogP contribution in [0.25, 0.3) is 10.9 Å².